The largest absolute Gasteiger partial charge is 0.298 e. The van der Waals surface area contributed by atoms with Gasteiger partial charge in [0.25, 0.3) is 0 Å². The van der Waals surface area contributed by atoms with Crippen molar-refractivity contribution in [2.24, 2.45) is 5.92 Å². The van der Waals surface area contributed by atoms with E-state index in [0.29, 0.717) is 5.54 Å². The molecule has 1 aliphatic heterocycles. The monoisotopic (exact) mass is 205 g/mol. The van der Waals surface area contributed by atoms with Gasteiger partial charge in [0.2, 0.25) is 0 Å². The third-order valence-electron chi connectivity index (χ3n) is 3.04. The lowest BCUT2D eigenvalue weighted by atomic mass is 9.88. The molecule has 1 fully saturated rings. The van der Waals surface area contributed by atoms with E-state index < -0.39 is 0 Å². The molecule has 2 heterocycles. The summed E-state index contributed by atoms with van der Waals surface area (Å²) in [5, 5.41) is 0. The maximum atomic E-state index is 4.04. The normalized spacial score (nSPS) is 18.9. The summed E-state index contributed by atoms with van der Waals surface area (Å²) in [6, 6.07) is 0. The van der Waals surface area contributed by atoms with Crippen LogP contribution in [0.2, 0.25) is 0 Å². The predicted molar refractivity (Wildman–Crippen MR) is 60.6 cm³/mol. The molecule has 0 atom stereocenters. The van der Waals surface area contributed by atoms with Gasteiger partial charge < -0.3 is 0 Å². The zero-order valence-corrected chi connectivity index (χ0v) is 9.77. The van der Waals surface area contributed by atoms with Crippen molar-refractivity contribution in [1.29, 1.82) is 0 Å². The second kappa shape index (κ2) is 3.89. The van der Waals surface area contributed by atoms with E-state index in [1.807, 2.05) is 12.4 Å². The lowest BCUT2D eigenvalue weighted by Crippen LogP contribution is -2.56. The fourth-order valence-electron chi connectivity index (χ4n) is 2.02. The predicted octanol–water partition coefficient (Wildman–Crippen LogP) is 1.75. The molecule has 0 unspecified atom stereocenters. The molecule has 0 spiro atoms. The summed E-state index contributed by atoms with van der Waals surface area (Å²) < 4.78 is 0. The third kappa shape index (κ3) is 2.53. The zero-order valence-electron chi connectivity index (χ0n) is 9.77. The van der Waals surface area contributed by atoms with Crippen LogP contribution in [-0.2, 0) is 6.42 Å². The molecule has 0 aromatic carbocycles. The van der Waals surface area contributed by atoms with Gasteiger partial charge in [0, 0.05) is 31.0 Å². The number of aromatic nitrogens is 2. The Morgan fingerprint density at radius 2 is 1.87 bits per heavy atom. The molecule has 0 N–H and O–H groups in total. The standard InChI is InChI=1S/C12H19N3/c1-12(2,3)15-7-11(8-15)4-10-5-13-9-14-6-10/h5-6,9,11H,4,7-8H2,1-3H3. The topological polar surface area (TPSA) is 29.0 Å². The van der Waals surface area contributed by atoms with Crippen molar-refractivity contribution in [1.82, 2.24) is 14.9 Å². The summed E-state index contributed by atoms with van der Waals surface area (Å²) in [6.45, 7) is 9.23. The van der Waals surface area contributed by atoms with Crippen molar-refractivity contribution in [2.45, 2.75) is 32.7 Å². The van der Waals surface area contributed by atoms with E-state index in [1.54, 1.807) is 6.33 Å². The molecule has 0 radical (unpaired) electrons. The zero-order chi connectivity index (χ0) is 10.9. The quantitative estimate of drug-likeness (QED) is 0.736. The van der Waals surface area contributed by atoms with Crippen LogP contribution in [0.5, 0.6) is 0 Å². The molecule has 3 heteroatoms. The molecule has 82 valence electrons. The smallest absolute Gasteiger partial charge is 0.115 e. The maximum Gasteiger partial charge on any atom is 0.115 e. The molecular formula is C12H19N3. The molecule has 3 nitrogen and oxygen atoms in total. The van der Waals surface area contributed by atoms with Gasteiger partial charge in [-0.1, -0.05) is 0 Å². The van der Waals surface area contributed by atoms with Gasteiger partial charge in [0.15, 0.2) is 0 Å². The highest BCUT2D eigenvalue weighted by Gasteiger charge is 2.33. The second-order valence-corrected chi connectivity index (χ2v) is 5.39. The van der Waals surface area contributed by atoms with Gasteiger partial charge in [-0.3, -0.25) is 4.90 Å². The summed E-state index contributed by atoms with van der Waals surface area (Å²) >= 11 is 0. The number of rotatable bonds is 2. The SMILES string of the molecule is CC(C)(C)N1CC(Cc2cncnc2)C1. The van der Waals surface area contributed by atoms with E-state index in [9.17, 15) is 0 Å². The first kappa shape index (κ1) is 10.6. The third-order valence-corrected chi connectivity index (χ3v) is 3.04. The van der Waals surface area contributed by atoms with Crippen molar-refractivity contribution in [3.8, 4) is 0 Å². The molecule has 0 amide bonds. The minimum absolute atomic E-state index is 0.323. The van der Waals surface area contributed by atoms with Crippen LogP contribution in [0.15, 0.2) is 18.7 Å². The van der Waals surface area contributed by atoms with Gasteiger partial charge in [-0.05, 0) is 38.7 Å². The van der Waals surface area contributed by atoms with Crippen LogP contribution in [0, 0.1) is 5.92 Å². The summed E-state index contributed by atoms with van der Waals surface area (Å²) in [7, 11) is 0. The Kier molecular flexibility index (Phi) is 2.74. The van der Waals surface area contributed by atoms with Crippen LogP contribution in [0.3, 0.4) is 0 Å². The summed E-state index contributed by atoms with van der Waals surface area (Å²) in [5.41, 5.74) is 1.58. The van der Waals surface area contributed by atoms with Crippen molar-refractivity contribution >= 4 is 0 Å². The molecule has 15 heavy (non-hydrogen) atoms. The van der Waals surface area contributed by atoms with Gasteiger partial charge in [0.1, 0.15) is 6.33 Å². The van der Waals surface area contributed by atoms with Gasteiger partial charge in [-0.25, -0.2) is 9.97 Å². The first-order valence-electron chi connectivity index (χ1n) is 5.54. The van der Waals surface area contributed by atoms with E-state index in [4.69, 9.17) is 0 Å². The van der Waals surface area contributed by atoms with Crippen molar-refractivity contribution < 1.29 is 0 Å². The van der Waals surface area contributed by atoms with Crippen molar-refractivity contribution in [3.05, 3.63) is 24.3 Å². The molecule has 0 aliphatic carbocycles. The van der Waals surface area contributed by atoms with E-state index in [2.05, 4.69) is 35.6 Å². The fourth-order valence-corrected chi connectivity index (χ4v) is 2.02. The Bertz CT molecular complexity index is 309. The second-order valence-electron chi connectivity index (χ2n) is 5.39. The highest BCUT2D eigenvalue weighted by Crippen LogP contribution is 2.27. The average Bonchev–Trinajstić information content (AvgIpc) is 2.10. The molecule has 0 bridgehead atoms. The van der Waals surface area contributed by atoms with E-state index >= 15 is 0 Å². The average molecular weight is 205 g/mol. The van der Waals surface area contributed by atoms with Crippen LogP contribution in [0.1, 0.15) is 26.3 Å². The number of likely N-dealkylation sites (tertiary alicyclic amines) is 1. The first-order valence-corrected chi connectivity index (χ1v) is 5.54. The molecule has 1 aromatic rings. The highest BCUT2D eigenvalue weighted by molar-refractivity contribution is 5.06. The number of nitrogens with zero attached hydrogens (tertiary/aromatic N) is 3. The van der Waals surface area contributed by atoms with E-state index in [0.717, 1.165) is 12.3 Å². The summed E-state index contributed by atoms with van der Waals surface area (Å²) in [4.78, 5) is 10.6. The molecule has 1 aliphatic rings. The van der Waals surface area contributed by atoms with Crippen LogP contribution in [0.4, 0.5) is 0 Å². The van der Waals surface area contributed by atoms with Crippen molar-refractivity contribution in [2.75, 3.05) is 13.1 Å². The van der Waals surface area contributed by atoms with E-state index in [-0.39, 0.29) is 0 Å². The molecule has 1 saturated heterocycles. The lowest BCUT2D eigenvalue weighted by molar-refractivity contribution is 0.0144. The summed E-state index contributed by atoms with van der Waals surface area (Å²) in [5.74, 6) is 0.787. The number of hydrogen-bond donors (Lipinski definition) is 0. The van der Waals surface area contributed by atoms with Gasteiger partial charge in [-0.15, -0.1) is 0 Å². The van der Waals surface area contributed by atoms with Crippen LogP contribution < -0.4 is 0 Å². The first-order chi connectivity index (χ1) is 7.05. The minimum Gasteiger partial charge on any atom is -0.298 e. The molecule has 0 saturated carbocycles. The van der Waals surface area contributed by atoms with Gasteiger partial charge in [-0.2, -0.15) is 0 Å². The van der Waals surface area contributed by atoms with Crippen molar-refractivity contribution in [3.63, 3.8) is 0 Å². The van der Waals surface area contributed by atoms with Crippen LogP contribution in [-0.4, -0.2) is 33.5 Å². The van der Waals surface area contributed by atoms with Crippen LogP contribution >= 0.6 is 0 Å². The highest BCUT2D eigenvalue weighted by atomic mass is 15.2. The number of hydrogen-bond acceptors (Lipinski definition) is 3. The Labute approximate surface area is 91.5 Å². The summed E-state index contributed by atoms with van der Waals surface area (Å²) in [6.07, 6.45) is 6.55. The van der Waals surface area contributed by atoms with E-state index in [1.165, 1.54) is 18.7 Å². The Morgan fingerprint density at radius 1 is 1.27 bits per heavy atom. The maximum absolute atomic E-state index is 4.04. The Morgan fingerprint density at radius 3 is 2.40 bits per heavy atom. The molecular weight excluding hydrogens is 186 g/mol. The fraction of sp³-hybridized carbons (Fsp3) is 0.667. The minimum atomic E-state index is 0.323. The molecule has 2 rings (SSSR count). The lowest BCUT2D eigenvalue weighted by Gasteiger charge is -2.47. The van der Waals surface area contributed by atoms with Gasteiger partial charge >= 0.3 is 0 Å². The molecule has 1 aromatic heterocycles. The Hall–Kier alpha value is -0.960. The van der Waals surface area contributed by atoms with Crippen LogP contribution in [0.25, 0.3) is 0 Å². The Balaban J connectivity index is 1.82. The van der Waals surface area contributed by atoms with Gasteiger partial charge in [0.05, 0.1) is 0 Å².